The first kappa shape index (κ1) is 9.99. The normalized spacial score (nSPS) is 10.4. The first-order chi connectivity index (χ1) is 6.29. The van der Waals surface area contributed by atoms with Crippen LogP contribution < -0.4 is 4.74 Å². The van der Waals surface area contributed by atoms with Crippen LogP contribution in [0.5, 0.6) is 5.88 Å². The van der Waals surface area contributed by atoms with Crippen LogP contribution in [-0.4, -0.2) is 37.1 Å². The summed E-state index contributed by atoms with van der Waals surface area (Å²) in [5, 5.41) is 0. The molecular weight excluding hydrogens is 164 g/mol. The van der Waals surface area contributed by atoms with Gasteiger partial charge in [0.25, 0.3) is 0 Å². The number of hydrogen-bond acceptors (Lipinski definition) is 3. The van der Waals surface area contributed by atoms with Gasteiger partial charge in [-0.15, -0.1) is 0 Å². The molecule has 1 rings (SSSR count). The van der Waals surface area contributed by atoms with Crippen LogP contribution in [0.4, 0.5) is 0 Å². The molecule has 1 aromatic heterocycles. The van der Waals surface area contributed by atoms with E-state index < -0.39 is 0 Å². The number of hydrogen-bond donors (Lipinski definition) is 0. The van der Waals surface area contributed by atoms with E-state index in [4.69, 9.17) is 4.74 Å². The highest BCUT2D eigenvalue weighted by Gasteiger charge is 1.93. The van der Waals surface area contributed by atoms with E-state index in [0.29, 0.717) is 5.88 Å². The van der Waals surface area contributed by atoms with E-state index in [1.54, 1.807) is 6.20 Å². The van der Waals surface area contributed by atoms with Crippen LogP contribution in [0.25, 0.3) is 0 Å². The van der Waals surface area contributed by atoms with Gasteiger partial charge < -0.3 is 9.64 Å². The molecule has 0 bridgehead atoms. The van der Waals surface area contributed by atoms with Crippen molar-refractivity contribution in [2.45, 2.75) is 6.42 Å². The maximum absolute atomic E-state index is 5.42. The van der Waals surface area contributed by atoms with Gasteiger partial charge in [0.1, 0.15) is 0 Å². The Bertz CT molecular complexity index is 224. The minimum Gasteiger partial charge on any atom is -0.478 e. The van der Waals surface area contributed by atoms with Gasteiger partial charge in [0, 0.05) is 18.8 Å². The zero-order chi connectivity index (χ0) is 9.52. The molecule has 0 aliphatic rings. The SMILES string of the molecule is CN(C)CCCOc1ccccn1. The summed E-state index contributed by atoms with van der Waals surface area (Å²) in [5.74, 6) is 0.709. The topological polar surface area (TPSA) is 25.4 Å². The van der Waals surface area contributed by atoms with E-state index >= 15 is 0 Å². The average molecular weight is 180 g/mol. The summed E-state index contributed by atoms with van der Waals surface area (Å²) >= 11 is 0. The standard InChI is InChI=1S/C10H16N2O/c1-12(2)8-5-9-13-10-6-3-4-7-11-10/h3-4,6-7H,5,8-9H2,1-2H3. The van der Waals surface area contributed by atoms with E-state index in [-0.39, 0.29) is 0 Å². The van der Waals surface area contributed by atoms with Gasteiger partial charge in [-0.3, -0.25) is 0 Å². The molecule has 3 heteroatoms. The molecule has 1 heterocycles. The van der Waals surface area contributed by atoms with Crippen molar-refractivity contribution < 1.29 is 4.74 Å². The van der Waals surface area contributed by atoms with E-state index in [1.165, 1.54) is 0 Å². The van der Waals surface area contributed by atoms with Gasteiger partial charge in [-0.25, -0.2) is 4.98 Å². The second kappa shape index (κ2) is 5.54. The monoisotopic (exact) mass is 180 g/mol. The minimum atomic E-state index is 0.709. The number of ether oxygens (including phenoxy) is 1. The lowest BCUT2D eigenvalue weighted by Gasteiger charge is -2.09. The fraction of sp³-hybridized carbons (Fsp3) is 0.500. The number of pyridine rings is 1. The minimum absolute atomic E-state index is 0.709. The van der Waals surface area contributed by atoms with Gasteiger partial charge >= 0.3 is 0 Å². The molecule has 0 aliphatic heterocycles. The highest BCUT2D eigenvalue weighted by atomic mass is 16.5. The summed E-state index contributed by atoms with van der Waals surface area (Å²) in [6.07, 6.45) is 2.77. The Morgan fingerprint density at radius 3 is 2.85 bits per heavy atom. The molecule has 0 fully saturated rings. The fourth-order valence-corrected chi connectivity index (χ4v) is 0.990. The molecule has 3 nitrogen and oxygen atoms in total. The van der Waals surface area contributed by atoms with Gasteiger partial charge in [0.15, 0.2) is 0 Å². The van der Waals surface area contributed by atoms with Crippen molar-refractivity contribution in [3.63, 3.8) is 0 Å². The smallest absolute Gasteiger partial charge is 0.213 e. The summed E-state index contributed by atoms with van der Waals surface area (Å²) in [7, 11) is 4.11. The molecule has 72 valence electrons. The predicted molar refractivity (Wildman–Crippen MR) is 52.9 cm³/mol. The van der Waals surface area contributed by atoms with Crippen molar-refractivity contribution in [3.05, 3.63) is 24.4 Å². The highest BCUT2D eigenvalue weighted by Crippen LogP contribution is 2.03. The van der Waals surface area contributed by atoms with Gasteiger partial charge in [-0.2, -0.15) is 0 Å². The second-order valence-corrected chi connectivity index (χ2v) is 3.17. The molecule has 0 N–H and O–H groups in total. The van der Waals surface area contributed by atoms with E-state index in [2.05, 4.69) is 24.0 Å². The van der Waals surface area contributed by atoms with Crippen LogP contribution in [0.2, 0.25) is 0 Å². The summed E-state index contributed by atoms with van der Waals surface area (Å²) in [4.78, 5) is 6.20. The van der Waals surface area contributed by atoms with E-state index in [1.807, 2.05) is 18.2 Å². The Kier molecular flexibility index (Phi) is 4.26. The number of aromatic nitrogens is 1. The van der Waals surface area contributed by atoms with E-state index in [0.717, 1.165) is 19.6 Å². The first-order valence-electron chi connectivity index (χ1n) is 4.47. The Hall–Kier alpha value is -1.09. The average Bonchev–Trinajstić information content (AvgIpc) is 2.14. The first-order valence-corrected chi connectivity index (χ1v) is 4.47. The zero-order valence-electron chi connectivity index (χ0n) is 8.23. The molecule has 0 unspecified atom stereocenters. The van der Waals surface area contributed by atoms with Gasteiger partial charge in [0.05, 0.1) is 6.61 Å². The lowest BCUT2D eigenvalue weighted by molar-refractivity contribution is 0.273. The zero-order valence-corrected chi connectivity index (χ0v) is 8.23. The number of nitrogens with zero attached hydrogens (tertiary/aromatic N) is 2. The lowest BCUT2D eigenvalue weighted by Crippen LogP contribution is -2.15. The molecular formula is C10H16N2O. The Balaban J connectivity index is 2.13. The highest BCUT2D eigenvalue weighted by molar-refractivity contribution is 5.08. The summed E-state index contributed by atoms with van der Waals surface area (Å²) in [6.45, 7) is 1.78. The molecule has 0 spiro atoms. The molecule has 0 radical (unpaired) electrons. The molecule has 0 saturated heterocycles. The van der Waals surface area contributed by atoms with Crippen molar-refractivity contribution >= 4 is 0 Å². The van der Waals surface area contributed by atoms with Crippen LogP contribution in [0.15, 0.2) is 24.4 Å². The van der Waals surface area contributed by atoms with Crippen LogP contribution in [0.1, 0.15) is 6.42 Å². The molecule has 0 aliphatic carbocycles. The van der Waals surface area contributed by atoms with Gasteiger partial charge in [0.2, 0.25) is 5.88 Å². The van der Waals surface area contributed by atoms with Crippen molar-refractivity contribution in [1.82, 2.24) is 9.88 Å². The largest absolute Gasteiger partial charge is 0.478 e. The Morgan fingerprint density at radius 2 is 2.23 bits per heavy atom. The molecule has 0 aromatic carbocycles. The molecule has 1 aromatic rings. The van der Waals surface area contributed by atoms with Crippen molar-refractivity contribution in [2.24, 2.45) is 0 Å². The summed E-state index contributed by atoms with van der Waals surface area (Å²) in [6, 6.07) is 5.68. The van der Waals surface area contributed by atoms with Crippen LogP contribution >= 0.6 is 0 Å². The van der Waals surface area contributed by atoms with Crippen LogP contribution in [-0.2, 0) is 0 Å². The van der Waals surface area contributed by atoms with Gasteiger partial charge in [-0.05, 0) is 26.6 Å². The molecule has 0 atom stereocenters. The third-order valence-electron chi connectivity index (χ3n) is 1.64. The second-order valence-electron chi connectivity index (χ2n) is 3.17. The van der Waals surface area contributed by atoms with Crippen LogP contribution in [0.3, 0.4) is 0 Å². The summed E-state index contributed by atoms with van der Waals surface area (Å²) in [5.41, 5.74) is 0. The maximum Gasteiger partial charge on any atom is 0.213 e. The van der Waals surface area contributed by atoms with Crippen molar-refractivity contribution in [3.8, 4) is 5.88 Å². The van der Waals surface area contributed by atoms with Crippen molar-refractivity contribution in [1.29, 1.82) is 0 Å². The van der Waals surface area contributed by atoms with Crippen molar-refractivity contribution in [2.75, 3.05) is 27.2 Å². The molecule has 0 amide bonds. The maximum atomic E-state index is 5.42. The van der Waals surface area contributed by atoms with Gasteiger partial charge in [-0.1, -0.05) is 6.07 Å². The predicted octanol–water partition coefficient (Wildman–Crippen LogP) is 1.41. The quantitative estimate of drug-likeness (QED) is 0.641. The lowest BCUT2D eigenvalue weighted by atomic mass is 10.4. The third kappa shape index (κ3) is 4.48. The molecule has 0 saturated carbocycles. The number of rotatable bonds is 5. The third-order valence-corrected chi connectivity index (χ3v) is 1.64. The summed E-state index contributed by atoms with van der Waals surface area (Å²) < 4.78 is 5.42. The fourth-order valence-electron chi connectivity index (χ4n) is 0.990. The Labute approximate surface area is 79.3 Å². The Morgan fingerprint density at radius 1 is 1.38 bits per heavy atom. The molecule has 13 heavy (non-hydrogen) atoms. The van der Waals surface area contributed by atoms with Crippen LogP contribution in [0, 0.1) is 0 Å². The van der Waals surface area contributed by atoms with E-state index in [9.17, 15) is 0 Å².